The van der Waals surface area contributed by atoms with Crippen LogP contribution in [0.25, 0.3) is 0 Å². The van der Waals surface area contributed by atoms with E-state index in [9.17, 15) is 4.79 Å². The molecule has 0 aliphatic carbocycles. The minimum Gasteiger partial charge on any atom is -0.494 e. The van der Waals surface area contributed by atoms with E-state index in [-0.39, 0.29) is 12.3 Å². The molecule has 1 heterocycles. The smallest absolute Gasteiger partial charge is 0.357 e. The van der Waals surface area contributed by atoms with Crippen LogP contribution in [0.4, 0.5) is 0 Å². The predicted molar refractivity (Wildman–Crippen MR) is 90.2 cm³/mol. The van der Waals surface area contributed by atoms with Crippen molar-refractivity contribution in [3.8, 4) is 11.8 Å². The van der Waals surface area contributed by atoms with Gasteiger partial charge in [-0.2, -0.15) is 9.99 Å². The second kappa shape index (κ2) is 7.71. The summed E-state index contributed by atoms with van der Waals surface area (Å²) in [5.74, 6) is -0.374. The van der Waals surface area contributed by atoms with E-state index in [2.05, 4.69) is 11.1 Å². The largest absolute Gasteiger partial charge is 0.494 e. The zero-order valence-electron chi connectivity index (χ0n) is 14.5. The lowest BCUT2D eigenvalue weighted by Gasteiger charge is -2.15. The topological polar surface area (TPSA) is 97.4 Å². The first-order valence-corrected chi connectivity index (χ1v) is 7.86. The zero-order chi connectivity index (χ0) is 18.4. The lowest BCUT2D eigenvalue weighted by Crippen LogP contribution is -2.17. The van der Waals surface area contributed by atoms with Crippen molar-refractivity contribution in [1.82, 2.24) is 9.71 Å². The molecule has 0 aliphatic heterocycles. The number of hydrogen-bond acceptors (Lipinski definition) is 5. The number of carboxylic acid groups (broad SMARTS) is 1. The molecule has 0 saturated heterocycles. The third-order valence-electron chi connectivity index (χ3n) is 3.71. The molecule has 7 heteroatoms. The highest BCUT2D eigenvalue weighted by atomic mass is 16.7. The molecule has 0 atom stereocenters. The number of hydrogen-bond donors (Lipinski definition) is 1. The van der Waals surface area contributed by atoms with Crippen molar-refractivity contribution in [2.75, 3.05) is 6.61 Å². The van der Waals surface area contributed by atoms with Crippen LogP contribution in [0.2, 0.25) is 0 Å². The number of nitrogens with zero attached hydrogens (tertiary/aromatic N) is 3. The van der Waals surface area contributed by atoms with Crippen LogP contribution in [0.15, 0.2) is 30.6 Å². The number of imidazole rings is 1. The van der Waals surface area contributed by atoms with Gasteiger partial charge in [0.15, 0.2) is 5.69 Å². The lowest BCUT2D eigenvalue weighted by molar-refractivity contribution is 0.0565. The number of aromatic nitrogens is 2. The summed E-state index contributed by atoms with van der Waals surface area (Å²) in [4.78, 5) is 20.6. The fourth-order valence-electron chi connectivity index (χ4n) is 2.07. The van der Waals surface area contributed by atoms with Gasteiger partial charge >= 0.3 is 5.97 Å². The highest BCUT2D eigenvalue weighted by Gasteiger charge is 2.17. The van der Waals surface area contributed by atoms with E-state index in [0.29, 0.717) is 24.5 Å². The van der Waals surface area contributed by atoms with Gasteiger partial charge in [-0.05, 0) is 44.9 Å². The van der Waals surface area contributed by atoms with Gasteiger partial charge in [0.2, 0.25) is 0 Å². The van der Waals surface area contributed by atoms with Gasteiger partial charge in [0, 0.05) is 0 Å². The molecule has 0 bridgehead atoms. The van der Waals surface area contributed by atoms with Gasteiger partial charge < -0.3 is 14.7 Å². The summed E-state index contributed by atoms with van der Waals surface area (Å²) < 4.78 is 6.79. The normalized spacial score (nSPS) is 11.0. The Morgan fingerprint density at radius 2 is 2.04 bits per heavy atom. The van der Waals surface area contributed by atoms with Crippen molar-refractivity contribution in [2.45, 2.75) is 33.8 Å². The van der Waals surface area contributed by atoms with E-state index in [1.165, 1.54) is 6.33 Å². The van der Waals surface area contributed by atoms with Gasteiger partial charge in [-0.25, -0.2) is 9.78 Å². The highest BCUT2D eigenvalue weighted by molar-refractivity contribution is 5.86. The zero-order valence-corrected chi connectivity index (χ0v) is 14.5. The number of carboxylic acids is 1. The molecule has 1 N–H and O–H groups in total. The van der Waals surface area contributed by atoms with E-state index in [1.54, 1.807) is 6.92 Å². The summed E-state index contributed by atoms with van der Waals surface area (Å²) in [5.41, 5.74) is 0.877. The van der Waals surface area contributed by atoms with Gasteiger partial charge in [0.1, 0.15) is 18.7 Å². The van der Waals surface area contributed by atoms with E-state index in [4.69, 9.17) is 19.9 Å². The molecule has 2 rings (SSSR count). The van der Waals surface area contributed by atoms with E-state index >= 15 is 0 Å². The van der Waals surface area contributed by atoms with Crippen molar-refractivity contribution >= 4 is 5.97 Å². The van der Waals surface area contributed by atoms with Crippen molar-refractivity contribution in [3.05, 3.63) is 47.5 Å². The molecule has 2 aromatic rings. The molecule has 0 amide bonds. The number of aryl methyl sites for hydroxylation is 1. The SMILES string of the molecule is Cc1ncn(OCc2ccc(OCCC(C)(C)C#N)cc2)c1C(=O)O. The minimum atomic E-state index is -1.08. The standard InChI is InChI=1S/C18H21N3O4/c1-13-16(17(22)23)21(12-20-13)25-10-14-4-6-15(7-5-14)24-9-8-18(2,3)11-19/h4-7,12H,8-10H2,1-3H3,(H,22,23). The van der Waals surface area contributed by atoms with Crippen LogP contribution >= 0.6 is 0 Å². The highest BCUT2D eigenvalue weighted by Crippen LogP contribution is 2.20. The van der Waals surface area contributed by atoms with Crippen molar-refractivity contribution < 1.29 is 19.5 Å². The van der Waals surface area contributed by atoms with E-state index < -0.39 is 11.4 Å². The fraction of sp³-hybridized carbons (Fsp3) is 0.389. The van der Waals surface area contributed by atoms with Gasteiger partial charge in [-0.15, -0.1) is 0 Å². The Kier molecular flexibility index (Phi) is 5.65. The number of rotatable bonds is 8. The quantitative estimate of drug-likeness (QED) is 0.791. The fourth-order valence-corrected chi connectivity index (χ4v) is 2.07. The molecule has 0 radical (unpaired) electrons. The molecule has 25 heavy (non-hydrogen) atoms. The molecule has 0 unspecified atom stereocenters. The maximum absolute atomic E-state index is 11.2. The third-order valence-corrected chi connectivity index (χ3v) is 3.71. The van der Waals surface area contributed by atoms with Crippen LogP contribution in [0.1, 0.15) is 42.0 Å². The van der Waals surface area contributed by atoms with Crippen LogP contribution in [0, 0.1) is 23.7 Å². The molecule has 7 nitrogen and oxygen atoms in total. The Labute approximate surface area is 146 Å². The van der Waals surface area contributed by atoms with E-state index in [0.717, 1.165) is 10.3 Å². The van der Waals surface area contributed by atoms with Crippen LogP contribution in [-0.2, 0) is 6.61 Å². The Morgan fingerprint density at radius 3 is 2.64 bits per heavy atom. The van der Waals surface area contributed by atoms with E-state index in [1.807, 2.05) is 38.1 Å². The van der Waals surface area contributed by atoms with Crippen molar-refractivity contribution in [3.63, 3.8) is 0 Å². The lowest BCUT2D eigenvalue weighted by atomic mass is 9.92. The molecule has 0 spiro atoms. The Balaban J connectivity index is 1.89. The molecule has 0 fully saturated rings. The number of aromatic carboxylic acids is 1. The number of benzene rings is 1. The average molecular weight is 343 g/mol. The summed E-state index contributed by atoms with van der Waals surface area (Å²) in [7, 11) is 0. The van der Waals surface area contributed by atoms with Crippen LogP contribution < -0.4 is 9.57 Å². The first-order valence-electron chi connectivity index (χ1n) is 7.86. The Morgan fingerprint density at radius 1 is 1.36 bits per heavy atom. The first-order chi connectivity index (χ1) is 11.8. The maximum atomic E-state index is 11.2. The van der Waals surface area contributed by atoms with Gasteiger partial charge in [-0.1, -0.05) is 12.1 Å². The molecule has 0 saturated carbocycles. The Hall–Kier alpha value is -3.01. The Bertz CT molecular complexity index is 773. The average Bonchev–Trinajstić information content (AvgIpc) is 2.95. The summed E-state index contributed by atoms with van der Waals surface area (Å²) in [6.07, 6.45) is 1.99. The van der Waals surface area contributed by atoms with Crippen LogP contribution in [0.3, 0.4) is 0 Å². The number of nitriles is 1. The summed E-state index contributed by atoms with van der Waals surface area (Å²) >= 11 is 0. The minimum absolute atomic E-state index is 0.0139. The predicted octanol–water partition coefficient (Wildman–Crippen LogP) is 2.84. The van der Waals surface area contributed by atoms with Crippen LogP contribution in [0.5, 0.6) is 5.75 Å². The third kappa shape index (κ3) is 4.98. The monoisotopic (exact) mass is 343 g/mol. The van der Waals surface area contributed by atoms with Crippen molar-refractivity contribution in [2.24, 2.45) is 5.41 Å². The molecule has 1 aromatic carbocycles. The summed E-state index contributed by atoms with van der Waals surface area (Å²) in [6, 6.07) is 9.55. The molecular formula is C18H21N3O4. The van der Waals surface area contributed by atoms with Crippen molar-refractivity contribution in [1.29, 1.82) is 5.26 Å². The van der Waals surface area contributed by atoms with Gasteiger partial charge in [0.25, 0.3) is 0 Å². The molecule has 0 aliphatic rings. The second-order valence-corrected chi connectivity index (χ2v) is 6.32. The van der Waals surface area contributed by atoms with Crippen LogP contribution in [-0.4, -0.2) is 27.4 Å². The van der Waals surface area contributed by atoms with Gasteiger partial charge in [0.05, 0.1) is 23.8 Å². The molecule has 132 valence electrons. The number of carbonyl (C=O) groups is 1. The van der Waals surface area contributed by atoms with Gasteiger partial charge in [-0.3, -0.25) is 0 Å². The summed E-state index contributed by atoms with van der Waals surface area (Å²) in [5, 5.41) is 18.1. The maximum Gasteiger partial charge on any atom is 0.357 e. The first kappa shape index (κ1) is 18.3. The second-order valence-electron chi connectivity index (χ2n) is 6.32. The molecular weight excluding hydrogens is 322 g/mol. The summed E-state index contributed by atoms with van der Waals surface area (Å²) in [6.45, 7) is 6.04. The number of ether oxygens (including phenoxy) is 1. The molecule has 1 aromatic heterocycles.